The molecular weight excluding hydrogens is 411 g/mol. The van der Waals surface area contributed by atoms with E-state index in [0.29, 0.717) is 16.1 Å². The highest BCUT2D eigenvalue weighted by molar-refractivity contribution is 6.35. The first kappa shape index (κ1) is 21.0. The largest absolute Gasteiger partial charge is 0.343 e. The maximum atomic E-state index is 6.42. The van der Waals surface area contributed by atoms with Crippen LogP contribution in [-0.2, 0) is 19.5 Å². The second kappa shape index (κ2) is 9.70. The Balaban J connectivity index is 1.46. The summed E-state index contributed by atoms with van der Waals surface area (Å²) in [7, 11) is 0. The van der Waals surface area contributed by atoms with Crippen LogP contribution in [0.5, 0.6) is 0 Å². The minimum absolute atomic E-state index is 0.443. The van der Waals surface area contributed by atoms with E-state index in [1.807, 2.05) is 12.1 Å². The van der Waals surface area contributed by atoms with Crippen molar-refractivity contribution in [2.75, 3.05) is 0 Å². The van der Waals surface area contributed by atoms with Crippen LogP contribution in [0.25, 0.3) is 10.9 Å². The van der Waals surface area contributed by atoms with Crippen LogP contribution in [0, 0.1) is 0 Å². The summed E-state index contributed by atoms with van der Waals surface area (Å²) in [6.45, 7) is 3.83. The number of hydrogen-bond acceptors (Lipinski definition) is 1. The molecule has 4 heteroatoms. The normalized spacial score (nSPS) is 12.4. The molecule has 3 aromatic carbocycles. The van der Waals surface area contributed by atoms with E-state index in [4.69, 9.17) is 23.2 Å². The maximum Gasteiger partial charge on any atom is 0.0491 e. The molecule has 30 heavy (non-hydrogen) atoms. The van der Waals surface area contributed by atoms with Gasteiger partial charge in [-0.15, -0.1) is 0 Å². The third kappa shape index (κ3) is 5.07. The lowest BCUT2D eigenvalue weighted by atomic mass is 10.1. The highest BCUT2D eigenvalue weighted by Crippen LogP contribution is 2.26. The molecule has 1 atom stereocenters. The van der Waals surface area contributed by atoms with E-state index in [-0.39, 0.29) is 0 Å². The lowest BCUT2D eigenvalue weighted by Crippen LogP contribution is -2.25. The number of nitrogens with one attached hydrogen (secondary N) is 1. The minimum Gasteiger partial charge on any atom is -0.343 e. The van der Waals surface area contributed by atoms with Gasteiger partial charge in [0.1, 0.15) is 0 Å². The summed E-state index contributed by atoms with van der Waals surface area (Å²) in [6.07, 6.45) is 4.45. The number of nitrogens with zero attached hydrogens (tertiary/aromatic N) is 1. The summed E-state index contributed by atoms with van der Waals surface area (Å²) in [4.78, 5) is 0. The van der Waals surface area contributed by atoms with Gasteiger partial charge in [0.05, 0.1) is 0 Å². The van der Waals surface area contributed by atoms with Crippen LogP contribution in [0.3, 0.4) is 0 Å². The zero-order valence-corrected chi connectivity index (χ0v) is 18.6. The fraction of sp³-hybridized carbons (Fsp3) is 0.231. The van der Waals surface area contributed by atoms with Gasteiger partial charge >= 0.3 is 0 Å². The minimum atomic E-state index is 0.443. The van der Waals surface area contributed by atoms with Crippen molar-refractivity contribution in [3.05, 3.63) is 106 Å². The number of halogens is 2. The van der Waals surface area contributed by atoms with Crippen molar-refractivity contribution in [3.8, 4) is 0 Å². The van der Waals surface area contributed by atoms with Gasteiger partial charge in [0.2, 0.25) is 0 Å². The molecule has 0 fully saturated rings. The number of fused-ring (bicyclic) bond motifs is 1. The monoisotopic (exact) mass is 436 g/mol. The predicted molar refractivity (Wildman–Crippen MR) is 129 cm³/mol. The molecule has 154 valence electrons. The van der Waals surface area contributed by atoms with Gasteiger partial charge in [-0.2, -0.15) is 0 Å². The summed E-state index contributed by atoms with van der Waals surface area (Å²) < 4.78 is 2.27. The Kier molecular flexibility index (Phi) is 6.79. The number of aromatic nitrogens is 1. The van der Waals surface area contributed by atoms with Crippen molar-refractivity contribution in [2.45, 2.75) is 38.9 Å². The number of aryl methyl sites for hydroxylation is 1. The standard InChI is InChI=1S/C26H26Cl2N2/c1-19(11-12-20-7-3-2-4-8-20)29-16-22-18-30(26-10-6-5-9-24(22)26)17-21-13-14-23(27)15-25(21)28/h2-10,13-15,18-19,29H,11-12,16-17H2,1H3. The van der Waals surface area contributed by atoms with E-state index < -0.39 is 0 Å². The van der Waals surface area contributed by atoms with E-state index >= 15 is 0 Å². The van der Waals surface area contributed by atoms with E-state index in [2.05, 4.69) is 77.6 Å². The fourth-order valence-corrected chi connectivity index (χ4v) is 4.31. The lowest BCUT2D eigenvalue weighted by molar-refractivity contribution is 0.514. The second-order valence-electron chi connectivity index (χ2n) is 7.84. The van der Waals surface area contributed by atoms with Crippen molar-refractivity contribution < 1.29 is 0 Å². The Bertz CT molecular complexity index is 1120. The van der Waals surface area contributed by atoms with Gasteiger partial charge in [-0.05, 0) is 54.7 Å². The van der Waals surface area contributed by atoms with Gasteiger partial charge in [0.25, 0.3) is 0 Å². The molecule has 4 rings (SSSR count). The third-order valence-electron chi connectivity index (χ3n) is 5.58. The first-order valence-electron chi connectivity index (χ1n) is 10.4. The SMILES string of the molecule is CC(CCc1ccccc1)NCc1cn(Cc2ccc(Cl)cc2Cl)c2ccccc12. The van der Waals surface area contributed by atoms with Gasteiger partial charge in [-0.1, -0.05) is 77.8 Å². The van der Waals surface area contributed by atoms with Crippen LogP contribution >= 0.6 is 23.2 Å². The smallest absolute Gasteiger partial charge is 0.0491 e. The van der Waals surface area contributed by atoms with Crippen molar-refractivity contribution in [1.82, 2.24) is 9.88 Å². The van der Waals surface area contributed by atoms with Crippen LogP contribution in [0.1, 0.15) is 30.0 Å². The zero-order chi connectivity index (χ0) is 20.9. The maximum absolute atomic E-state index is 6.42. The molecule has 0 aliphatic carbocycles. The number of benzene rings is 3. The Labute approximate surface area is 188 Å². The summed E-state index contributed by atoms with van der Waals surface area (Å²) in [5.74, 6) is 0. The van der Waals surface area contributed by atoms with E-state index in [0.717, 1.165) is 31.5 Å². The third-order valence-corrected chi connectivity index (χ3v) is 6.16. The molecule has 0 aliphatic rings. The molecule has 0 spiro atoms. The Morgan fingerprint density at radius 1 is 0.900 bits per heavy atom. The molecule has 1 aromatic heterocycles. The Morgan fingerprint density at radius 3 is 2.47 bits per heavy atom. The fourth-order valence-electron chi connectivity index (χ4n) is 3.84. The molecule has 4 aromatic rings. The molecule has 2 nitrogen and oxygen atoms in total. The molecule has 0 radical (unpaired) electrons. The van der Waals surface area contributed by atoms with Crippen LogP contribution in [-0.4, -0.2) is 10.6 Å². The molecule has 1 N–H and O–H groups in total. The number of hydrogen-bond donors (Lipinski definition) is 1. The second-order valence-corrected chi connectivity index (χ2v) is 8.68. The van der Waals surface area contributed by atoms with E-state index in [1.165, 1.54) is 22.0 Å². The molecular formula is C26H26Cl2N2. The highest BCUT2D eigenvalue weighted by atomic mass is 35.5. The average Bonchev–Trinajstić information content (AvgIpc) is 3.11. The Morgan fingerprint density at radius 2 is 1.67 bits per heavy atom. The summed E-state index contributed by atoms with van der Waals surface area (Å²) in [6, 6.07) is 25.4. The van der Waals surface area contributed by atoms with Crippen LogP contribution in [0.4, 0.5) is 0 Å². The summed E-state index contributed by atoms with van der Waals surface area (Å²) in [5, 5.41) is 6.35. The van der Waals surface area contributed by atoms with Gasteiger partial charge < -0.3 is 9.88 Å². The Hall–Kier alpha value is -2.26. The topological polar surface area (TPSA) is 17.0 Å². The van der Waals surface area contributed by atoms with Gasteiger partial charge in [-0.25, -0.2) is 0 Å². The first-order chi connectivity index (χ1) is 14.6. The van der Waals surface area contributed by atoms with Crippen molar-refractivity contribution in [1.29, 1.82) is 0 Å². The molecule has 1 heterocycles. The van der Waals surface area contributed by atoms with Gasteiger partial charge in [0.15, 0.2) is 0 Å². The first-order valence-corrected chi connectivity index (χ1v) is 11.1. The number of rotatable bonds is 8. The van der Waals surface area contributed by atoms with Crippen LogP contribution < -0.4 is 5.32 Å². The molecule has 0 aliphatic heterocycles. The van der Waals surface area contributed by atoms with E-state index in [9.17, 15) is 0 Å². The van der Waals surface area contributed by atoms with Gasteiger partial charge in [-0.3, -0.25) is 0 Å². The predicted octanol–water partition coefficient (Wildman–Crippen LogP) is 7.11. The lowest BCUT2D eigenvalue weighted by Gasteiger charge is -2.13. The molecule has 0 saturated heterocycles. The molecule has 0 amide bonds. The quantitative estimate of drug-likeness (QED) is 0.311. The van der Waals surface area contributed by atoms with E-state index in [1.54, 1.807) is 6.07 Å². The van der Waals surface area contributed by atoms with Gasteiger partial charge in [0, 0.05) is 46.3 Å². The van der Waals surface area contributed by atoms with Crippen molar-refractivity contribution in [3.63, 3.8) is 0 Å². The van der Waals surface area contributed by atoms with Crippen LogP contribution in [0.15, 0.2) is 79.0 Å². The molecule has 0 saturated carbocycles. The van der Waals surface area contributed by atoms with Crippen molar-refractivity contribution in [2.24, 2.45) is 0 Å². The average molecular weight is 437 g/mol. The molecule has 0 bridgehead atoms. The summed E-state index contributed by atoms with van der Waals surface area (Å²) >= 11 is 12.5. The number of para-hydroxylation sites is 1. The zero-order valence-electron chi connectivity index (χ0n) is 17.1. The van der Waals surface area contributed by atoms with Crippen molar-refractivity contribution >= 4 is 34.1 Å². The summed E-state index contributed by atoms with van der Waals surface area (Å²) in [5.41, 5.74) is 4.99. The van der Waals surface area contributed by atoms with Crippen LogP contribution in [0.2, 0.25) is 10.0 Å². The highest BCUT2D eigenvalue weighted by Gasteiger charge is 2.11. The molecule has 1 unspecified atom stereocenters.